The fourth-order valence-corrected chi connectivity index (χ4v) is 8.01. The highest BCUT2D eigenvalue weighted by molar-refractivity contribution is 5.81. The van der Waals surface area contributed by atoms with Crippen molar-refractivity contribution in [3.05, 3.63) is 76.9 Å². The van der Waals surface area contributed by atoms with Gasteiger partial charge in [-0.3, -0.25) is 0 Å². The lowest BCUT2D eigenvalue weighted by Gasteiger charge is -2.21. The number of hydrogen-bond acceptors (Lipinski definition) is 8. The molecule has 2 N–H and O–H groups in total. The standard InChI is InChI=1S/C53H77N3O5/c1-7-8-9-10-11-12-17-20-23-26-35-60-36-27-24-21-18-15-13-14-16-19-22-25-34-53(6,59)52(58)61-44-30-33-47(48(57)39-44)51-55-49(45-31-28-40(2)37-42(45)4)54-50(56-51)46-32-29-41(3)38-43(46)5/h28-33,37-39,57,59H,7-27,34-36H2,1-6H3. The van der Waals surface area contributed by atoms with E-state index in [-0.39, 0.29) is 11.5 Å². The number of phenolic OH excluding ortho intramolecular Hbond substituents is 1. The van der Waals surface area contributed by atoms with Crippen molar-refractivity contribution in [1.29, 1.82) is 0 Å². The van der Waals surface area contributed by atoms with Crippen LogP contribution in [-0.2, 0) is 9.53 Å². The highest BCUT2D eigenvalue weighted by atomic mass is 16.6. The second kappa shape index (κ2) is 27.0. The van der Waals surface area contributed by atoms with E-state index in [1.165, 1.54) is 129 Å². The highest BCUT2D eigenvalue weighted by Gasteiger charge is 2.32. The Bertz CT molecular complexity index is 1840. The third-order valence-corrected chi connectivity index (χ3v) is 11.8. The molecule has 334 valence electrons. The minimum absolute atomic E-state index is 0.137. The van der Waals surface area contributed by atoms with Crippen LogP contribution in [0.2, 0.25) is 0 Å². The van der Waals surface area contributed by atoms with Crippen LogP contribution in [0, 0.1) is 27.7 Å². The number of aromatic hydroxyl groups is 1. The van der Waals surface area contributed by atoms with Gasteiger partial charge in [0.15, 0.2) is 23.1 Å². The van der Waals surface area contributed by atoms with E-state index in [1.807, 2.05) is 52.0 Å². The number of phenols is 1. The number of nitrogens with zero attached hydrogens (tertiary/aromatic N) is 3. The van der Waals surface area contributed by atoms with E-state index < -0.39 is 11.6 Å². The smallest absolute Gasteiger partial charge is 0.343 e. The molecule has 0 spiro atoms. The fourth-order valence-electron chi connectivity index (χ4n) is 8.01. The third-order valence-electron chi connectivity index (χ3n) is 11.8. The predicted octanol–water partition coefficient (Wildman–Crippen LogP) is 14.1. The lowest BCUT2D eigenvalue weighted by molar-refractivity contribution is -0.154. The third kappa shape index (κ3) is 17.6. The summed E-state index contributed by atoms with van der Waals surface area (Å²) in [5, 5.41) is 22.2. The largest absolute Gasteiger partial charge is 0.507 e. The van der Waals surface area contributed by atoms with Crippen LogP contribution >= 0.6 is 0 Å². The van der Waals surface area contributed by atoms with E-state index >= 15 is 0 Å². The highest BCUT2D eigenvalue weighted by Crippen LogP contribution is 2.34. The average molecular weight is 836 g/mol. The van der Waals surface area contributed by atoms with Gasteiger partial charge in [0.25, 0.3) is 0 Å². The first-order valence-electron chi connectivity index (χ1n) is 23.8. The number of aryl methyl sites for hydroxylation is 4. The zero-order valence-corrected chi connectivity index (χ0v) is 38.6. The van der Waals surface area contributed by atoms with Gasteiger partial charge >= 0.3 is 5.97 Å². The molecule has 3 aromatic carbocycles. The molecule has 61 heavy (non-hydrogen) atoms. The molecule has 0 fully saturated rings. The zero-order chi connectivity index (χ0) is 43.9. The van der Waals surface area contributed by atoms with Gasteiger partial charge in [0.1, 0.15) is 11.5 Å². The number of benzene rings is 3. The number of carbonyl (C=O) groups is 1. The lowest BCUT2D eigenvalue weighted by Crippen LogP contribution is -2.38. The van der Waals surface area contributed by atoms with E-state index in [1.54, 1.807) is 12.1 Å². The van der Waals surface area contributed by atoms with Crippen LogP contribution in [0.15, 0.2) is 54.6 Å². The first kappa shape index (κ1) is 49.5. The summed E-state index contributed by atoms with van der Waals surface area (Å²) < 4.78 is 11.4. The van der Waals surface area contributed by atoms with Crippen LogP contribution in [0.4, 0.5) is 0 Å². The Morgan fingerprint density at radius 2 is 0.934 bits per heavy atom. The number of rotatable bonds is 30. The molecule has 4 aromatic rings. The van der Waals surface area contributed by atoms with Crippen LogP contribution in [0.25, 0.3) is 34.2 Å². The normalized spacial score (nSPS) is 12.4. The van der Waals surface area contributed by atoms with Crippen molar-refractivity contribution in [1.82, 2.24) is 15.0 Å². The minimum atomic E-state index is -1.64. The van der Waals surface area contributed by atoms with Gasteiger partial charge in [-0.1, -0.05) is 170 Å². The SMILES string of the molecule is CCCCCCCCCCCCOCCCCCCCCCCCCCC(C)(O)C(=O)Oc1ccc(-c2nc(-c3ccc(C)cc3C)nc(-c3ccc(C)cc3C)n2)c(O)c1. The van der Waals surface area contributed by atoms with Crippen molar-refractivity contribution in [3.8, 4) is 45.7 Å². The molecule has 1 unspecified atom stereocenters. The summed E-state index contributed by atoms with van der Waals surface area (Å²) in [6.45, 7) is 13.8. The van der Waals surface area contributed by atoms with E-state index in [0.717, 1.165) is 65.9 Å². The Hall–Kier alpha value is -4.14. The van der Waals surface area contributed by atoms with Crippen molar-refractivity contribution in [2.24, 2.45) is 0 Å². The minimum Gasteiger partial charge on any atom is -0.507 e. The van der Waals surface area contributed by atoms with Crippen molar-refractivity contribution < 1.29 is 24.5 Å². The summed E-state index contributed by atoms with van der Waals surface area (Å²) in [5.74, 6) is 0.551. The van der Waals surface area contributed by atoms with Gasteiger partial charge in [0.05, 0.1) is 5.56 Å². The van der Waals surface area contributed by atoms with Gasteiger partial charge in [-0.05, 0) is 83.6 Å². The Morgan fingerprint density at radius 3 is 1.36 bits per heavy atom. The van der Waals surface area contributed by atoms with Gasteiger partial charge in [0.2, 0.25) is 0 Å². The van der Waals surface area contributed by atoms with E-state index in [9.17, 15) is 15.0 Å². The van der Waals surface area contributed by atoms with Crippen molar-refractivity contribution in [2.75, 3.05) is 13.2 Å². The first-order chi connectivity index (χ1) is 29.5. The van der Waals surface area contributed by atoms with E-state index in [2.05, 4.69) is 19.1 Å². The molecule has 1 heterocycles. The first-order valence-corrected chi connectivity index (χ1v) is 23.8. The molecule has 8 heteroatoms. The average Bonchev–Trinajstić information content (AvgIpc) is 3.22. The molecule has 0 saturated heterocycles. The van der Waals surface area contributed by atoms with Gasteiger partial charge in [-0.2, -0.15) is 0 Å². The molecule has 1 atom stereocenters. The summed E-state index contributed by atoms with van der Waals surface area (Å²) in [6.07, 6.45) is 26.7. The van der Waals surface area contributed by atoms with E-state index in [4.69, 9.17) is 24.4 Å². The Balaban J connectivity index is 1.12. The molecule has 8 nitrogen and oxygen atoms in total. The van der Waals surface area contributed by atoms with Gasteiger partial charge in [0, 0.05) is 30.4 Å². The molecule has 0 radical (unpaired) electrons. The van der Waals surface area contributed by atoms with Crippen LogP contribution < -0.4 is 4.74 Å². The quantitative estimate of drug-likeness (QED) is 0.0303. The van der Waals surface area contributed by atoms with Gasteiger partial charge < -0.3 is 19.7 Å². The van der Waals surface area contributed by atoms with Crippen molar-refractivity contribution >= 4 is 5.97 Å². The molecule has 0 saturated carbocycles. The summed E-state index contributed by atoms with van der Waals surface area (Å²) in [6, 6.07) is 16.8. The maximum Gasteiger partial charge on any atom is 0.343 e. The predicted molar refractivity (Wildman–Crippen MR) is 251 cm³/mol. The number of aliphatic hydroxyl groups is 1. The number of esters is 1. The van der Waals surface area contributed by atoms with Crippen molar-refractivity contribution in [3.63, 3.8) is 0 Å². The number of carbonyl (C=O) groups excluding carboxylic acids is 1. The lowest BCUT2D eigenvalue weighted by atomic mass is 9.97. The topological polar surface area (TPSA) is 115 Å². The summed E-state index contributed by atoms with van der Waals surface area (Å²) in [4.78, 5) is 27.6. The summed E-state index contributed by atoms with van der Waals surface area (Å²) in [7, 11) is 0. The molecular weight excluding hydrogens is 759 g/mol. The molecule has 0 aliphatic heterocycles. The number of hydrogen-bond donors (Lipinski definition) is 2. The second-order valence-corrected chi connectivity index (χ2v) is 17.7. The molecule has 0 amide bonds. The van der Waals surface area contributed by atoms with Gasteiger partial charge in [-0.25, -0.2) is 19.7 Å². The molecular formula is C53H77N3O5. The maximum absolute atomic E-state index is 13.1. The molecule has 0 aliphatic carbocycles. The number of ether oxygens (including phenoxy) is 2. The Morgan fingerprint density at radius 1 is 0.541 bits per heavy atom. The Kier molecular flexibility index (Phi) is 21.9. The van der Waals surface area contributed by atoms with Crippen LogP contribution in [0.3, 0.4) is 0 Å². The Labute approximate surface area is 368 Å². The molecule has 0 bridgehead atoms. The van der Waals surface area contributed by atoms with E-state index in [0.29, 0.717) is 29.5 Å². The van der Waals surface area contributed by atoms with Crippen LogP contribution in [-0.4, -0.2) is 49.9 Å². The summed E-state index contributed by atoms with van der Waals surface area (Å²) in [5.41, 5.74) is 4.83. The summed E-state index contributed by atoms with van der Waals surface area (Å²) >= 11 is 0. The fraction of sp³-hybridized carbons (Fsp3) is 0.585. The molecule has 0 aliphatic rings. The van der Waals surface area contributed by atoms with Crippen LogP contribution in [0.5, 0.6) is 11.5 Å². The number of aromatic nitrogens is 3. The van der Waals surface area contributed by atoms with Crippen LogP contribution in [0.1, 0.15) is 177 Å². The monoisotopic (exact) mass is 836 g/mol. The molecule has 4 rings (SSSR count). The zero-order valence-electron chi connectivity index (χ0n) is 38.6. The number of unbranched alkanes of at least 4 members (excludes halogenated alkanes) is 19. The molecule has 1 aromatic heterocycles. The second-order valence-electron chi connectivity index (χ2n) is 17.7. The van der Waals surface area contributed by atoms with Crippen molar-refractivity contribution in [2.45, 2.75) is 188 Å². The van der Waals surface area contributed by atoms with Gasteiger partial charge in [-0.15, -0.1) is 0 Å². The maximum atomic E-state index is 13.1.